The van der Waals surface area contributed by atoms with Crippen molar-refractivity contribution < 1.29 is 4.74 Å². The number of allylic oxidation sites excluding steroid dienone is 1. The van der Waals surface area contributed by atoms with Crippen molar-refractivity contribution in [1.29, 1.82) is 0 Å². The van der Waals surface area contributed by atoms with Crippen LogP contribution in [0.5, 0.6) is 5.75 Å². The van der Waals surface area contributed by atoms with Gasteiger partial charge in [0.25, 0.3) is 0 Å². The Morgan fingerprint density at radius 2 is 1.38 bits per heavy atom. The molecule has 0 unspecified atom stereocenters. The molecule has 0 fully saturated rings. The molecule has 0 bridgehead atoms. The minimum absolute atomic E-state index is 0.0422. The van der Waals surface area contributed by atoms with Gasteiger partial charge in [-0.25, -0.2) is 0 Å². The largest absolute Gasteiger partial charge is 0.457 e. The van der Waals surface area contributed by atoms with E-state index in [2.05, 4.69) is 179 Å². The number of para-hydroxylation sites is 1. The summed E-state index contributed by atoms with van der Waals surface area (Å²) in [5.74, 6) is 1.47. The van der Waals surface area contributed by atoms with Crippen molar-refractivity contribution in [2.75, 3.05) is 4.90 Å². The molecule has 6 aromatic carbocycles. The lowest BCUT2D eigenvalue weighted by molar-refractivity contribution is 0.514. The molecule has 0 aliphatic heterocycles. The highest BCUT2D eigenvalue weighted by atomic mass is 32.1. The molecule has 0 saturated carbocycles. The average Bonchev–Trinajstić information content (AvgIpc) is 3.57. The summed E-state index contributed by atoms with van der Waals surface area (Å²) >= 11 is 1.77. The minimum atomic E-state index is -0.0422. The van der Waals surface area contributed by atoms with E-state index in [1.807, 2.05) is 0 Å². The van der Waals surface area contributed by atoms with Crippen LogP contribution < -0.4 is 9.64 Å². The highest BCUT2D eigenvalue weighted by Gasteiger charge is 2.35. The van der Waals surface area contributed by atoms with Crippen LogP contribution in [0.15, 0.2) is 140 Å². The first kappa shape index (κ1) is 30.0. The first-order chi connectivity index (χ1) is 23.3. The Morgan fingerprint density at radius 3 is 2.17 bits per heavy atom. The smallest absolute Gasteiger partial charge is 0.130 e. The second kappa shape index (κ2) is 11.7. The number of ether oxygens (including phenoxy) is 1. The van der Waals surface area contributed by atoms with E-state index in [-0.39, 0.29) is 5.41 Å². The molecule has 1 aliphatic carbocycles. The molecule has 234 valence electrons. The standard InChI is InChI=1S/C45H37NOS/c1-6-14-43-44(30(3)47-41-26-32-16-11-10-15-31(32)25-29(41)2)38-28-35(22-24-42(38)48-43)46(33-17-8-7-9-18-33)34-21-23-40-37(27-34)36-19-12-13-20-39(36)45(40,4)5/h6-28H,3H2,1-2,4-5H3/b14-6-. The van der Waals surface area contributed by atoms with Gasteiger partial charge in [-0.05, 0) is 113 Å². The van der Waals surface area contributed by atoms with Crippen LogP contribution in [0.25, 0.3) is 43.8 Å². The van der Waals surface area contributed by atoms with Gasteiger partial charge in [-0.3, -0.25) is 0 Å². The summed E-state index contributed by atoms with van der Waals surface area (Å²) in [5, 5.41) is 3.48. The van der Waals surface area contributed by atoms with Crippen molar-refractivity contribution in [2.24, 2.45) is 0 Å². The summed E-state index contributed by atoms with van der Waals surface area (Å²) in [5.41, 5.74) is 10.7. The number of fused-ring (bicyclic) bond motifs is 5. The number of nitrogens with zero attached hydrogens (tertiary/aromatic N) is 1. The molecule has 3 heteroatoms. The van der Waals surface area contributed by atoms with Gasteiger partial charge in [-0.1, -0.05) is 99.3 Å². The fourth-order valence-electron chi connectivity index (χ4n) is 7.30. The maximum Gasteiger partial charge on any atom is 0.130 e. The zero-order valence-corrected chi connectivity index (χ0v) is 28.6. The fourth-order valence-corrected chi connectivity index (χ4v) is 8.47. The van der Waals surface area contributed by atoms with Gasteiger partial charge in [-0.2, -0.15) is 0 Å². The summed E-state index contributed by atoms with van der Waals surface area (Å²) in [4.78, 5) is 3.50. The van der Waals surface area contributed by atoms with Crippen LogP contribution in [0, 0.1) is 6.92 Å². The van der Waals surface area contributed by atoms with Crippen molar-refractivity contribution in [2.45, 2.75) is 33.1 Å². The molecule has 1 heterocycles. The molecule has 0 amide bonds. The summed E-state index contributed by atoms with van der Waals surface area (Å²) in [7, 11) is 0. The van der Waals surface area contributed by atoms with Gasteiger partial charge in [0, 0.05) is 43.0 Å². The van der Waals surface area contributed by atoms with Crippen molar-refractivity contribution in [3.05, 3.63) is 167 Å². The van der Waals surface area contributed by atoms with E-state index >= 15 is 0 Å². The predicted molar refractivity (Wildman–Crippen MR) is 207 cm³/mol. The van der Waals surface area contributed by atoms with E-state index in [1.165, 1.54) is 32.3 Å². The highest BCUT2D eigenvalue weighted by molar-refractivity contribution is 7.20. The number of benzene rings is 6. The quantitative estimate of drug-likeness (QED) is 0.161. The Morgan fingerprint density at radius 1 is 0.708 bits per heavy atom. The summed E-state index contributed by atoms with van der Waals surface area (Å²) in [6.07, 6.45) is 4.25. The zero-order chi connectivity index (χ0) is 33.0. The number of thiophene rings is 1. The van der Waals surface area contributed by atoms with E-state index in [0.717, 1.165) is 49.6 Å². The average molecular weight is 640 g/mol. The van der Waals surface area contributed by atoms with Crippen LogP contribution in [-0.4, -0.2) is 0 Å². The molecule has 0 radical (unpaired) electrons. The SMILES string of the molecule is C=C(Oc1cc2ccccc2cc1C)c1c(/C=C\C)sc2ccc(N(c3ccccc3)c3ccc4c(c3)-c3ccccc3C4(C)C)cc12. The maximum absolute atomic E-state index is 6.63. The third-order valence-corrected chi connectivity index (χ3v) is 10.8. The van der Waals surface area contributed by atoms with Crippen molar-refractivity contribution in [1.82, 2.24) is 0 Å². The van der Waals surface area contributed by atoms with Crippen LogP contribution in [0.3, 0.4) is 0 Å². The molecule has 1 aliphatic rings. The summed E-state index contributed by atoms with van der Waals surface area (Å²) in [6, 6.07) is 45.9. The molecule has 7 aromatic rings. The number of hydrogen-bond donors (Lipinski definition) is 0. The highest BCUT2D eigenvalue weighted by Crippen LogP contribution is 2.51. The zero-order valence-electron chi connectivity index (χ0n) is 27.7. The Kier molecular flexibility index (Phi) is 7.31. The second-order valence-corrected chi connectivity index (χ2v) is 14.2. The third-order valence-electron chi connectivity index (χ3n) is 9.67. The van der Waals surface area contributed by atoms with Gasteiger partial charge in [0.05, 0.1) is 0 Å². The Balaban J connectivity index is 1.26. The van der Waals surface area contributed by atoms with Gasteiger partial charge in [0.15, 0.2) is 0 Å². The lowest BCUT2D eigenvalue weighted by Crippen LogP contribution is -2.15. The minimum Gasteiger partial charge on any atom is -0.457 e. The predicted octanol–water partition coefficient (Wildman–Crippen LogP) is 13.2. The molecule has 0 atom stereocenters. The molecule has 2 nitrogen and oxygen atoms in total. The molecule has 8 rings (SSSR count). The van der Waals surface area contributed by atoms with Gasteiger partial charge in [0.1, 0.15) is 11.5 Å². The number of hydrogen-bond acceptors (Lipinski definition) is 3. The normalized spacial score (nSPS) is 13.2. The molecule has 0 N–H and O–H groups in total. The first-order valence-electron chi connectivity index (χ1n) is 16.5. The van der Waals surface area contributed by atoms with Crippen LogP contribution in [0.4, 0.5) is 17.1 Å². The lowest BCUT2D eigenvalue weighted by atomic mass is 9.82. The van der Waals surface area contributed by atoms with Gasteiger partial charge < -0.3 is 9.64 Å². The van der Waals surface area contributed by atoms with E-state index in [9.17, 15) is 0 Å². The van der Waals surface area contributed by atoms with Gasteiger partial charge in [-0.15, -0.1) is 11.3 Å². The number of anilines is 3. The van der Waals surface area contributed by atoms with Gasteiger partial charge in [0.2, 0.25) is 0 Å². The van der Waals surface area contributed by atoms with Crippen LogP contribution in [-0.2, 0) is 5.41 Å². The van der Waals surface area contributed by atoms with E-state index in [1.54, 1.807) is 11.3 Å². The Bertz CT molecular complexity index is 2390. The molecule has 0 saturated heterocycles. The number of rotatable bonds is 7. The van der Waals surface area contributed by atoms with Gasteiger partial charge >= 0.3 is 0 Å². The monoisotopic (exact) mass is 639 g/mol. The topological polar surface area (TPSA) is 12.5 Å². The molecule has 48 heavy (non-hydrogen) atoms. The van der Waals surface area contributed by atoms with E-state index in [4.69, 9.17) is 4.74 Å². The van der Waals surface area contributed by atoms with Crippen molar-refractivity contribution >= 4 is 61.1 Å². The van der Waals surface area contributed by atoms with Crippen molar-refractivity contribution in [3.8, 4) is 16.9 Å². The Hall–Kier alpha value is -5.38. The molecule has 0 spiro atoms. The van der Waals surface area contributed by atoms with Crippen LogP contribution in [0.1, 0.15) is 47.9 Å². The number of aryl methyl sites for hydroxylation is 1. The molecule has 1 aromatic heterocycles. The van der Waals surface area contributed by atoms with E-state index < -0.39 is 0 Å². The second-order valence-electron chi connectivity index (χ2n) is 13.1. The van der Waals surface area contributed by atoms with Crippen LogP contribution >= 0.6 is 11.3 Å². The maximum atomic E-state index is 6.63. The summed E-state index contributed by atoms with van der Waals surface area (Å²) < 4.78 is 7.82. The lowest BCUT2D eigenvalue weighted by Gasteiger charge is -2.27. The molecular formula is C45H37NOS. The first-order valence-corrected chi connectivity index (χ1v) is 17.3. The fraction of sp³-hybridized carbons (Fsp3) is 0.111. The van der Waals surface area contributed by atoms with Crippen LogP contribution in [0.2, 0.25) is 0 Å². The van der Waals surface area contributed by atoms with E-state index in [0.29, 0.717) is 5.76 Å². The van der Waals surface area contributed by atoms with Crippen molar-refractivity contribution in [3.63, 3.8) is 0 Å². The Labute approximate surface area is 286 Å². The molecular weight excluding hydrogens is 603 g/mol. The third kappa shape index (κ3) is 4.94. The summed E-state index contributed by atoms with van der Waals surface area (Å²) in [6.45, 7) is 13.3.